The quantitative estimate of drug-likeness (QED) is 0.711. The third kappa shape index (κ3) is 4.20. The van der Waals surface area contributed by atoms with E-state index in [-0.39, 0.29) is 18.2 Å². The first-order valence-corrected chi connectivity index (χ1v) is 7.80. The van der Waals surface area contributed by atoms with Crippen molar-refractivity contribution in [2.24, 2.45) is 0 Å². The number of para-hydroxylation sites is 1. The molecule has 0 spiro atoms. The van der Waals surface area contributed by atoms with Gasteiger partial charge < -0.3 is 10.4 Å². The topological polar surface area (TPSA) is 53.2 Å². The summed E-state index contributed by atoms with van der Waals surface area (Å²) in [4.78, 5) is 12.3. The summed E-state index contributed by atoms with van der Waals surface area (Å²) < 4.78 is 1.64. The van der Waals surface area contributed by atoms with E-state index in [9.17, 15) is 9.90 Å². The third-order valence-corrected chi connectivity index (χ3v) is 3.70. The molecule has 24 heavy (non-hydrogen) atoms. The molecule has 3 aromatic rings. The average Bonchev–Trinajstić information content (AvgIpc) is 2.57. The summed E-state index contributed by atoms with van der Waals surface area (Å²) in [7, 11) is 0. The Labute approximate surface area is 141 Å². The van der Waals surface area contributed by atoms with Crippen LogP contribution in [0.1, 0.15) is 11.1 Å². The Hall–Kier alpha value is -3.14. The number of hydrogen-bond donors (Lipinski definition) is 2. The highest BCUT2D eigenvalue weighted by molar-refractivity contribution is 5.90. The lowest BCUT2D eigenvalue weighted by atomic mass is 10.0. The lowest BCUT2D eigenvalue weighted by molar-refractivity contribution is -0.684. The van der Waals surface area contributed by atoms with Crippen molar-refractivity contribution in [2.45, 2.75) is 13.0 Å². The Balaban J connectivity index is 1.72. The number of aromatic nitrogens is 1. The molecule has 0 atom stereocenters. The predicted octanol–water partition coefficient (Wildman–Crippen LogP) is 2.91. The van der Waals surface area contributed by atoms with Gasteiger partial charge in [0.2, 0.25) is 12.7 Å². The van der Waals surface area contributed by atoms with Crippen LogP contribution in [0, 0.1) is 0 Å². The Morgan fingerprint density at radius 3 is 2.50 bits per heavy atom. The van der Waals surface area contributed by atoms with Crippen LogP contribution in [0.15, 0.2) is 79.1 Å². The molecule has 2 aromatic carbocycles. The standard InChI is InChI=1S/C20H18N2O2/c23-18-10-6-12-22(14-18)15-20(24)21-19-11-5-4-9-17(19)13-16-7-2-1-3-8-16/h1-12,14H,13,15H2,(H-,21,23,24)/p+1. The van der Waals surface area contributed by atoms with Crippen molar-refractivity contribution in [3.8, 4) is 5.75 Å². The molecular formula is C20H19N2O2+. The average molecular weight is 319 g/mol. The molecule has 0 radical (unpaired) electrons. The van der Waals surface area contributed by atoms with E-state index in [0.29, 0.717) is 0 Å². The number of anilines is 1. The molecular weight excluding hydrogens is 300 g/mol. The maximum Gasteiger partial charge on any atom is 0.290 e. The molecule has 0 aliphatic carbocycles. The zero-order valence-electron chi connectivity index (χ0n) is 13.2. The SMILES string of the molecule is O=C(C[n+]1cccc(O)c1)Nc1ccccc1Cc1ccccc1. The fourth-order valence-electron chi connectivity index (χ4n) is 2.57. The van der Waals surface area contributed by atoms with Crippen LogP contribution >= 0.6 is 0 Å². The number of pyridine rings is 1. The van der Waals surface area contributed by atoms with Crippen molar-refractivity contribution in [2.75, 3.05) is 5.32 Å². The number of amides is 1. The van der Waals surface area contributed by atoms with Crippen molar-refractivity contribution < 1.29 is 14.5 Å². The molecule has 0 unspecified atom stereocenters. The van der Waals surface area contributed by atoms with Crippen molar-refractivity contribution in [1.29, 1.82) is 0 Å². The molecule has 3 rings (SSSR count). The van der Waals surface area contributed by atoms with Gasteiger partial charge in [0.05, 0.1) is 0 Å². The second-order valence-electron chi connectivity index (χ2n) is 5.60. The van der Waals surface area contributed by atoms with Gasteiger partial charge in [-0.25, -0.2) is 0 Å². The zero-order valence-corrected chi connectivity index (χ0v) is 13.2. The maximum atomic E-state index is 12.3. The summed E-state index contributed by atoms with van der Waals surface area (Å²) in [6, 6.07) is 21.2. The second kappa shape index (κ2) is 7.42. The summed E-state index contributed by atoms with van der Waals surface area (Å²) in [5, 5.41) is 12.4. The zero-order chi connectivity index (χ0) is 16.8. The molecule has 2 N–H and O–H groups in total. The van der Waals surface area contributed by atoms with E-state index in [1.165, 1.54) is 11.8 Å². The van der Waals surface area contributed by atoms with E-state index in [0.717, 1.165) is 17.7 Å². The van der Waals surface area contributed by atoms with Crippen LogP contribution in [0.5, 0.6) is 5.75 Å². The number of nitrogens with zero attached hydrogens (tertiary/aromatic N) is 1. The molecule has 4 nitrogen and oxygen atoms in total. The number of benzene rings is 2. The fourth-order valence-corrected chi connectivity index (χ4v) is 2.57. The highest BCUT2D eigenvalue weighted by atomic mass is 16.3. The minimum atomic E-state index is -0.133. The monoisotopic (exact) mass is 319 g/mol. The minimum Gasteiger partial charge on any atom is -0.503 e. The van der Waals surface area contributed by atoms with Crippen LogP contribution in [0.25, 0.3) is 0 Å². The van der Waals surface area contributed by atoms with Gasteiger partial charge >= 0.3 is 0 Å². The first-order chi connectivity index (χ1) is 11.7. The number of aromatic hydroxyl groups is 1. The van der Waals surface area contributed by atoms with Gasteiger partial charge in [-0.05, 0) is 29.7 Å². The van der Waals surface area contributed by atoms with Gasteiger partial charge in [-0.3, -0.25) is 4.79 Å². The van der Waals surface area contributed by atoms with Crippen LogP contribution in [0.3, 0.4) is 0 Å². The smallest absolute Gasteiger partial charge is 0.290 e. The molecule has 0 fully saturated rings. The molecule has 0 aliphatic rings. The largest absolute Gasteiger partial charge is 0.503 e. The minimum absolute atomic E-state index is 0.133. The molecule has 0 saturated carbocycles. The molecule has 0 saturated heterocycles. The third-order valence-electron chi connectivity index (χ3n) is 3.70. The number of hydrogen-bond acceptors (Lipinski definition) is 2. The van der Waals surface area contributed by atoms with Gasteiger partial charge in [-0.15, -0.1) is 0 Å². The molecule has 1 amide bonds. The van der Waals surface area contributed by atoms with Crippen molar-refractivity contribution >= 4 is 11.6 Å². The lowest BCUT2D eigenvalue weighted by Crippen LogP contribution is -2.39. The van der Waals surface area contributed by atoms with E-state index >= 15 is 0 Å². The Kier molecular flexibility index (Phi) is 4.87. The summed E-state index contributed by atoms with van der Waals surface area (Å²) in [5.41, 5.74) is 3.08. The Morgan fingerprint density at radius 1 is 0.958 bits per heavy atom. The molecule has 120 valence electrons. The summed E-state index contributed by atoms with van der Waals surface area (Å²) >= 11 is 0. The fraction of sp³-hybridized carbons (Fsp3) is 0.100. The molecule has 0 bridgehead atoms. The summed E-state index contributed by atoms with van der Waals surface area (Å²) in [6.07, 6.45) is 4.03. The van der Waals surface area contributed by atoms with Crippen molar-refractivity contribution in [3.63, 3.8) is 0 Å². The highest BCUT2D eigenvalue weighted by Gasteiger charge is 2.12. The van der Waals surface area contributed by atoms with E-state index < -0.39 is 0 Å². The molecule has 1 aromatic heterocycles. The van der Waals surface area contributed by atoms with E-state index in [2.05, 4.69) is 17.4 Å². The van der Waals surface area contributed by atoms with Gasteiger partial charge in [-0.2, -0.15) is 4.57 Å². The van der Waals surface area contributed by atoms with Crippen LogP contribution in [-0.2, 0) is 17.8 Å². The highest BCUT2D eigenvalue weighted by Crippen LogP contribution is 2.19. The number of carbonyl (C=O) groups is 1. The second-order valence-corrected chi connectivity index (χ2v) is 5.60. The Morgan fingerprint density at radius 2 is 1.71 bits per heavy atom. The number of nitrogens with one attached hydrogen (secondary N) is 1. The lowest BCUT2D eigenvalue weighted by Gasteiger charge is -2.10. The van der Waals surface area contributed by atoms with Gasteiger partial charge in [0.25, 0.3) is 5.91 Å². The van der Waals surface area contributed by atoms with Gasteiger partial charge in [0.1, 0.15) is 0 Å². The van der Waals surface area contributed by atoms with Crippen molar-refractivity contribution in [3.05, 3.63) is 90.3 Å². The van der Waals surface area contributed by atoms with Crippen LogP contribution < -0.4 is 9.88 Å². The molecule has 4 heteroatoms. The Bertz CT molecular complexity index is 832. The summed E-state index contributed by atoms with van der Waals surface area (Å²) in [6.45, 7) is 0.147. The first-order valence-electron chi connectivity index (χ1n) is 7.80. The maximum absolute atomic E-state index is 12.3. The molecule has 1 heterocycles. The number of carbonyl (C=O) groups excluding carboxylic acids is 1. The van der Waals surface area contributed by atoms with E-state index in [4.69, 9.17) is 0 Å². The normalized spacial score (nSPS) is 10.3. The predicted molar refractivity (Wildman–Crippen MR) is 92.6 cm³/mol. The van der Waals surface area contributed by atoms with Crippen molar-refractivity contribution in [1.82, 2.24) is 0 Å². The van der Waals surface area contributed by atoms with Gasteiger partial charge in [0, 0.05) is 11.8 Å². The van der Waals surface area contributed by atoms with Gasteiger partial charge in [-0.1, -0.05) is 48.5 Å². The van der Waals surface area contributed by atoms with E-state index in [1.807, 2.05) is 42.5 Å². The van der Waals surface area contributed by atoms with Crippen LogP contribution in [0.4, 0.5) is 5.69 Å². The number of rotatable bonds is 5. The van der Waals surface area contributed by atoms with Gasteiger partial charge in [0.15, 0.2) is 11.9 Å². The first kappa shape index (κ1) is 15.7. The van der Waals surface area contributed by atoms with Crippen LogP contribution in [0.2, 0.25) is 0 Å². The van der Waals surface area contributed by atoms with E-state index in [1.54, 1.807) is 22.9 Å². The van der Waals surface area contributed by atoms with Crippen LogP contribution in [-0.4, -0.2) is 11.0 Å². The molecule has 0 aliphatic heterocycles. The summed E-state index contributed by atoms with van der Waals surface area (Å²) in [5.74, 6) is 0.000824.